The van der Waals surface area contributed by atoms with Crippen molar-refractivity contribution in [1.82, 2.24) is 4.90 Å². The van der Waals surface area contributed by atoms with Crippen molar-refractivity contribution in [2.75, 3.05) is 32.5 Å². The molecule has 0 saturated heterocycles. The highest BCUT2D eigenvalue weighted by atomic mass is 35.5. The zero-order valence-corrected chi connectivity index (χ0v) is 10.8. The van der Waals surface area contributed by atoms with Crippen LogP contribution in [0.15, 0.2) is 12.1 Å². The Morgan fingerprint density at radius 1 is 1.20 bits per heavy atom. The van der Waals surface area contributed by atoms with Crippen molar-refractivity contribution in [3.8, 4) is 0 Å². The van der Waals surface area contributed by atoms with Crippen LogP contribution < -0.4 is 5.32 Å². The van der Waals surface area contributed by atoms with Gasteiger partial charge in [0.05, 0.1) is 10.7 Å². The molecule has 0 fully saturated rings. The number of likely N-dealkylation sites (N-methyl/N-ethyl adjacent to an activating group) is 1. The zero-order valence-electron chi connectivity index (χ0n) is 9.27. The molecule has 0 saturated carbocycles. The van der Waals surface area contributed by atoms with Gasteiger partial charge in [-0.15, -0.1) is 0 Å². The third-order valence-electron chi connectivity index (χ3n) is 2.12. The fraction of sp³-hybridized carbons (Fsp3) is 0.455. The number of hydrogen-bond donors (Lipinski definition) is 1. The predicted octanol–water partition coefficient (Wildman–Crippen LogP) is 3.28. The minimum absolute atomic E-state index is 0.718. The summed E-state index contributed by atoms with van der Waals surface area (Å²) < 4.78 is 0. The summed E-state index contributed by atoms with van der Waals surface area (Å²) in [6, 6.07) is 3.75. The SMILES string of the molecule is Cc1cc(Cl)c(NCCN(C)C)cc1Cl. The molecule has 0 unspecified atom stereocenters. The minimum Gasteiger partial charge on any atom is -0.383 e. The summed E-state index contributed by atoms with van der Waals surface area (Å²) in [7, 11) is 4.07. The van der Waals surface area contributed by atoms with Crippen LogP contribution in [0.1, 0.15) is 5.56 Å². The van der Waals surface area contributed by atoms with Gasteiger partial charge in [0, 0.05) is 18.1 Å². The Kier molecular flexibility index (Phi) is 4.71. The third-order valence-corrected chi connectivity index (χ3v) is 2.84. The Morgan fingerprint density at radius 2 is 1.87 bits per heavy atom. The first kappa shape index (κ1) is 12.6. The van der Waals surface area contributed by atoms with Gasteiger partial charge < -0.3 is 10.2 Å². The van der Waals surface area contributed by atoms with Crippen molar-refractivity contribution in [3.63, 3.8) is 0 Å². The van der Waals surface area contributed by atoms with Crippen LogP contribution in [-0.4, -0.2) is 32.1 Å². The first-order valence-electron chi connectivity index (χ1n) is 4.85. The fourth-order valence-corrected chi connectivity index (χ4v) is 1.64. The van der Waals surface area contributed by atoms with Crippen molar-refractivity contribution in [2.24, 2.45) is 0 Å². The Morgan fingerprint density at radius 3 is 2.47 bits per heavy atom. The van der Waals surface area contributed by atoms with E-state index in [4.69, 9.17) is 23.2 Å². The molecule has 84 valence electrons. The molecule has 0 heterocycles. The van der Waals surface area contributed by atoms with Crippen LogP contribution in [0.5, 0.6) is 0 Å². The molecular formula is C11H16Cl2N2. The second-order valence-electron chi connectivity index (χ2n) is 3.81. The second-order valence-corrected chi connectivity index (χ2v) is 4.63. The number of nitrogens with zero attached hydrogens (tertiary/aromatic N) is 1. The van der Waals surface area contributed by atoms with Gasteiger partial charge in [-0.05, 0) is 38.7 Å². The van der Waals surface area contributed by atoms with Gasteiger partial charge in [-0.1, -0.05) is 23.2 Å². The Balaban J connectivity index is 2.65. The van der Waals surface area contributed by atoms with Crippen LogP contribution in [0.25, 0.3) is 0 Å². The lowest BCUT2D eigenvalue weighted by Gasteiger charge is -2.13. The van der Waals surface area contributed by atoms with Gasteiger partial charge in [0.2, 0.25) is 0 Å². The molecule has 1 rings (SSSR count). The van der Waals surface area contributed by atoms with Crippen LogP contribution >= 0.6 is 23.2 Å². The lowest BCUT2D eigenvalue weighted by molar-refractivity contribution is 0.425. The van der Waals surface area contributed by atoms with Crippen LogP contribution in [-0.2, 0) is 0 Å². The van der Waals surface area contributed by atoms with Gasteiger partial charge in [0.25, 0.3) is 0 Å². The normalized spacial score (nSPS) is 10.8. The van der Waals surface area contributed by atoms with E-state index < -0.39 is 0 Å². The van der Waals surface area contributed by atoms with E-state index in [-0.39, 0.29) is 0 Å². The molecule has 2 nitrogen and oxygen atoms in total. The molecule has 1 aromatic rings. The molecule has 1 N–H and O–H groups in total. The van der Waals surface area contributed by atoms with Gasteiger partial charge in [-0.3, -0.25) is 0 Å². The van der Waals surface area contributed by atoms with Crippen molar-refractivity contribution in [3.05, 3.63) is 27.7 Å². The molecule has 0 radical (unpaired) electrons. The van der Waals surface area contributed by atoms with Crippen LogP contribution in [0, 0.1) is 6.92 Å². The predicted molar refractivity (Wildman–Crippen MR) is 68.2 cm³/mol. The highest BCUT2D eigenvalue weighted by Crippen LogP contribution is 2.28. The number of hydrogen-bond acceptors (Lipinski definition) is 2. The van der Waals surface area contributed by atoms with Gasteiger partial charge in [-0.2, -0.15) is 0 Å². The molecule has 0 aliphatic rings. The topological polar surface area (TPSA) is 15.3 Å². The summed E-state index contributed by atoms with van der Waals surface area (Å²) in [5.41, 5.74) is 1.90. The van der Waals surface area contributed by atoms with E-state index in [0.717, 1.165) is 34.4 Å². The standard InChI is InChI=1S/C11H16Cl2N2/c1-8-6-10(13)11(7-9(8)12)14-4-5-15(2)3/h6-7,14H,4-5H2,1-3H3. The molecule has 15 heavy (non-hydrogen) atoms. The molecule has 0 aliphatic carbocycles. The Labute approximate surface area is 101 Å². The van der Waals surface area contributed by atoms with E-state index in [1.165, 1.54) is 0 Å². The summed E-state index contributed by atoms with van der Waals surface area (Å²) in [4.78, 5) is 2.11. The molecule has 4 heteroatoms. The lowest BCUT2D eigenvalue weighted by Crippen LogP contribution is -2.20. The van der Waals surface area contributed by atoms with Gasteiger partial charge >= 0.3 is 0 Å². The van der Waals surface area contributed by atoms with E-state index in [9.17, 15) is 0 Å². The van der Waals surface area contributed by atoms with Crippen LogP contribution in [0.2, 0.25) is 10.0 Å². The number of anilines is 1. The summed E-state index contributed by atoms with van der Waals surface area (Å²) in [6.45, 7) is 3.76. The first-order chi connectivity index (χ1) is 7.00. The largest absolute Gasteiger partial charge is 0.383 e. The molecule has 0 amide bonds. The molecule has 1 aromatic carbocycles. The maximum atomic E-state index is 6.08. The number of benzene rings is 1. The molecule has 0 spiro atoms. The molecule has 0 aliphatic heterocycles. The van der Waals surface area contributed by atoms with Crippen molar-refractivity contribution in [1.29, 1.82) is 0 Å². The van der Waals surface area contributed by atoms with Gasteiger partial charge in [0.1, 0.15) is 0 Å². The summed E-state index contributed by atoms with van der Waals surface area (Å²) in [6.07, 6.45) is 0. The van der Waals surface area contributed by atoms with Gasteiger partial charge in [0.15, 0.2) is 0 Å². The smallest absolute Gasteiger partial charge is 0.0641 e. The average Bonchev–Trinajstić information content (AvgIpc) is 2.13. The van der Waals surface area contributed by atoms with Crippen molar-refractivity contribution in [2.45, 2.75) is 6.92 Å². The van der Waals surface area contributed by atoms with E-state index in [0.29, 0.717) is 0 Å². The highest BCUT2D eigenvalue weighted by molar-refractivity contribution is 6.35. The van der Waals surface area contributed by atoms with E-state index in [2.05, 4.69) is 10.2 Å². The minimum atomic E-state index is 0.718. The van der Waals surface area contributed by atoms with E-state index in [1.807, 2.05) is 33.2 Å². The highest BCUT2D eigenvalue weighted by Gasteiger charge is 2.03. The van der Waals surface area contributed by atoms with Crippen molar-refractivity contribution >= 4 is 28.9 Å². The number of nitrogens with one attached hydrogen (secondary N) is 1. The second kappa shape index (κ2) is 5.59. The van der Waals surface area contributed by atoms with Crippen molar-refractivity contribution < 1.29 is 0 Å². The quantitative estimate of drug-likeness (QED) is 0.878. The Hall–Kier alpha value is -0.440. The summed E-state index contributed by atoms with van der Waals surface area (Å²) in [5.74, 6) is 0. The van der Waals surface area contributed by atoms with E-state index in [1.54, 1.807) is 0 Å². The molecular weight excluding hydrogens is 231 g/mol. The Bertz CT molecular complexity index is 338. The molecule has 0 bridgehead atoms. The number of halogens is 2. The number of rotatable bonds is 4. The van der Waals surface area contributed by atoms with Crippen LogP contribution in [0.3, 0.4) is 0 Å². The maximum absolute atomic E-state index is 6.08. The van der Waals surface area contributed by atoms with E-state index >= 15 is 0 Å². The maximum Gasteiger partial charge on any atom is 0.0641 e. The molecule has 0 atom stereocenters. The fourth-order valence-electron chi connectivity index (χ4n) is 1.20. The third kappa shape index (κ3) is 3.90. The zero-order chi connectivity index (χ0) is 11.4. The number of aryl methyl sites for hydroxylation is 1. The first-order valence-corrected chi connectivity index (χ1v) is 5.60. The van der Waals surface area contributed by atoms with Crippen LogP contribution in [0.4, 0.5) is 5.69 Å². The lowest BCUT2D eigenvalue weighted by atomic mass is 10.2. The summed E-state index contributed by atoms with van der Waals surface area (Å²) >= 11 is 12.1. The monoisotopic (exact) mass is 246 g/mol. The average molecular weight is 247 g/mol. The summed E-state index contributed by atoms with van der Waals surface area (Å²) in [5, 5.41) is 4.71. The molecule has 0 aromatic heterocycles. The van der Waals surface area contributed by atoms with Gasteiger partial charge in [-0.25, -0.2) is 0 Å².